The summed E-state index contributed by atoms with van der Waals surface area (Å²) >= 11 is 0. The van der Waals surface area contributed by atoms with Crippen LogP contribution < -0.4 is 0 Å². The monoisotopic (exact) mass is 347 g/mol. The van der Waals surface area contributed by atoms with Crippen molar-refractivity contribution < 1.29 is 14.0 Å². The molecule has 0 unspecified atom stereocenters. The minimum Gasteiger partial charge on any atom is -0.342 e. The smallest absolute Gasteiger partial charge is 0.254 e. The lowest BCUT2D eigenvalue weighted by molar-refractivity contribution is -0.133. The zero-order chi connectivity index (χ0) is 17.8. The van der Waals surface area contributed by atoms with Crippen LogP contribution in [0.5, 0.6) is 0 Å². The second-order valence-corrected chi connectivity index (χ2v) is 6.97. The molecule has 5 nitrogen and oxygen atoms in total. The van der Waals surface area contributed by atoms with Gasteiger partial charge in [0, 0.05) is 44.8 Å². The van der Waals surface area contributed by atoms with Gasteiger partial charge in [-0.15, -0.1) is 0 Å². The lowest BCUT2D eigenvalue weighted by Crippen LogP contribution is -2.52. The number of benzene rings is 1. The van der Waals surface area contributed by atoms with Crippen molar-refractivity contribution in [2.24, 2.45) is 0 Å². The molecule has 2 saturated heterocycles. The van der Waals surface area contributed by atoms with E-state index < -0.39 is 0 Å². The molecule has 0 N–H and O–H groups in total. The Bertz CT molecular complexity index is 636. The van der Waals surface area contributed by atoms with Gasteiger partial charge in [0.2, 0.25) is 5.91 Å². The Balaban J connectivity index is 1.50. The zero-order valence-corrected chi connectivity index (χ0v) is 14.8. The second-order valence-electron chi connectivity index (χ2n) is 6.97. The second kappa shape index (κ2) is 7.95. The molecule has 0 aromatic heterocycles. The number of hydrogen-bond acceptors (Lipinski definition) is 3. The number of carbonyl (C=O) groups excluding carboxylic acids is 2. The summed E-state index contributed by atoms with van der Waals surface area (Å²) in [5, 5.41) is 0. The maximum Gasteiger partial charge on any atom is 0.254 e. The van der Waals surface area contributed by atoms with Gasteiger partial charge in [0.1, 0.15) is 5.82 Å². The van der Waals surface area contributed by atoms with E-state index in [2.05, 4.69) is 4.90 Å². The first kappa shape index (κ1) is 17.9. The highest BCUT2D eigenvalue weighted by Crippen LogP contribution is 2.14. The molecule has 0 spiro atoms. The van der Waals surface area contributed by atoms with E-state index in [4.69, 9.17) is 0 Å². The molecule has 0 saturated carbocycles. The molecule has 2 aliphatic heterocycles. The van der Waals surface area contributed by atoms with E-state index in [0.717, 1.165) is 25.9 Å². The fraction of sp³-hybridized carbons (Fsp3) is 0.579. The molecular formula is C19H26FN3O2. The number of carbonyl (C=O) groups is 2. The Kier molecular flexibility index (Phi) is 5.68. The Morgan fingerprint density at radius 2 is 1.64 bits per heavy atom. The molecule has 1 aromatic carbocycles. The standard InChI is InChI=1S/C19H26FN3O2/c1-15-5-6-16(13-17(15)20)19(25)23-11-9-21(10-12-23)14-18(24)22-7-3-2-4-8-22/h5-6,13H,2-4,7-12,14H2,1H3. The van der Waals surface area contributed by atoms with Gasteiger partial charge in [-0.1, -0.05) is 6.07 Å². The lowest BCUT2D eigenvalue weighted by Gasteiger charge is -2.36. The van der Waals surface area contributed by atoms with Crippen LogP contribution >= 0.6 is 0 Å². The number of rotatable bonds is 3. The normalized spacial score (nSPS) is 19.1. The average Bonchev–Trinajstić information content (AvgIpc) is 2.65. The third-order valence-electron chi connectivity index (χ3n) is 5.15. The number of aryl methyl sites for hydroxylation is 1. The van der Waals surface area contributed by atoms with Crippen molar-refractivity contribution in [1.29, 1.82) is 0 Å². The minimum atomic E-state index is -0.350. The molecule has 1 aromatic rings. The Morgan fingerprint density at radius 3 is 2.28 bits per heavy atom. The number of nitrogens with zero attached hydrogens (tertiary/aromatic N) is 3. The highest BCUT2D eigenvalue weighted by Gasteiger charge is 2.25. The van der Waals surface area contributed by atoms with E-state index >= 15 is 0 Å². The zero-order valence-electron chi connectivity index (χ0n) is 14.8. The number of likely N-dealkylation sites (tertiary alicyclic amines) is 1. The van der Waals surface area contributed by atoms with E-state index in [9.17, 15) is 14.0 Å². The summed E-state index contributed by atoms with van der Waals surface area (Å²) in [5.41, 5.74) is 0.929. The summed E-state index contributed by atoms with van der Waals surface area (Å²) in [4.78, 5) is 30.6. The average molecular weight is 347 g/mol. The minimum absolute atomic E-state index is 0.138. The Morgan fingerprint density at radius 1 is 0.960 bits per heavy atom. The molecule has 0 radical (unpaired) electrons. The highest BCUT2D eigenvalue weighted by atomic mass is 19.1. The molecule has 0 aliphatic carbocycles. The first-order valence-electron chi connectivity index (χ1n) is 9.10. The largest absolute Gasteiger partial charge is 0.342 e. The van der Waals surface area contributed by atoms with Gasteiger partial charge in [0.05, 0.1) is 6.54 Å². The van der Waals surface area contributed by atoms with E-state index in [1.807, 2.05) is 4.90 Å². The molecule has 2 heterocycles. The highest BCUT2D eigenvalue weighted by molar-refractivity contribution is 5.94. The molecule has 6 heteroatoms. The summed E-state index contributed by atoms with van der Waals surface area (Å²) in [7, 11) is 0. The number of halogens is 1. The molecule has 3 rings (SSSR count). The predicted octanol–water partition coefficient (Wildman–Crippen LogP) is 1.90. The van der Waals surface area contributed by atoms with Crippen molar-refractivity contribution >= 4 is 11.8 Å². The third kappa shape index (κ3) is 4.37. The van der Waals surface area contributed by atoms with Crippen LogP contribution in [0.1, 0.15) is 35.2 Å². The molecule has 2 aliphatic rings. The van der Waals surface area contributed by atoms with Crippen LogP contribution in [0, 0.1) is 12.7 Å². The van der Waals surface area contributed by atoms with Crippen molar-refractivity contribution in [3.63, 3.8) is 0 Å². The van der Waals surface area contributed by atoms with Gasteiger partial charge in [-0.25, -0.2) is 4.39 Å². The van der Waals surface area contributed by atoms with Crippen LogP contribution in [0.3, 0.4) is 0 Å². The molecular weight excluding hydrogens is 321 g/mol. The number of piperidine rings is 1. The summed E-state index contributed by atoms with van der Waals surface area (Å²) in [6.45, 7) is 6.36. The van der Waals surface area contributed by atoms with Crippen LogP contribution in [-0.4, -0.2) is 72.3 Å². The number of amides is 2. The van der Waals surface area contributed by atoms with Gasteiger partial charge >= 0.3 is 0 Å². The fourth-order valence-electron chi connectivity index (χ4n) is 3.45. The van der Waals surface area contributed by atoms with Gasteiger partial charge in [-0.3, -0.25) is 14.5 Å². The van der Waals surface area contributed by atoms with E-state index in [1.54, 1.807) is 24.0 Å². The first-order valence-corrected chi connectivity index (χ1v) is 9.10. The maximum atomic E-state index is 13.7. The molecule has 25 heavy (non-hydrogen) atoms. The maximum absolute atomic E-state index is 13.7. The number of piperazine rings is 1. The third-order valence-corrected chi connectivity index (χ3v) is 5.15. The van der Waals surface area contributed by atoms with Crippen LogP contribution in [0.4, 0.5) is 4.39 Å². The summed E-state index contributed by atoms with van der Waals surface area (Å²) < 4.78 is 13.7. The van der Waals surface area contributed by atoms with Crippen LogP contribution in [-0.2, 0) is 4.79 Å². The van der Waals surface area contributed by atoms with Crippen molar-refractivity contribution in [1.82, 2.24) is 14.7 Å². The van der Waals surface area contributed by atoms with Gasteiger partial charge in [0.25, 0.3) is 5.91 Å². The van der Waals surface area contributed by atoms with Crippen molar-refractivity contribution in [3.05, 3.63) is 35.1 Å². The Labute approximate surface area is 148 Å². The predicted molar refractivity (Wildman–Crippen MR) is 93.9 cm³/mol. The molecule has 136 valence electrons. The summed E-state index contributed by atoms with van der Waals surface area (Å²) in [5.74, 6) is -0.294. The van der Waals surface area contributed by atoms with Crippen LogP contribution in [0.25, 0.3) is 0 Å². The van der Waals surface area contributed by atoms with Crippen LogP contribution in [0.15, 0.2) is 18.2 Å². The number of hydrogen-bond donors (Lipinski definition) is 0. The summed E-state index contributed by atoms with van der Waals surface area (Å²) in [6.07, 6.45) is 3.41. The van der Waals surface area contributed by atoms with Crippen LogP contribution in [0.2, 0.25) is 0 Å². The van der Waals surface area contributed by atoms with Gasteiger partial charge in [0.15, 0.2) is 0 Å². The van der Waals surface area contributed by atoms with Gasteiger partial charge in [-0.05, 0) is 43.9 Å². The lowest BCUT2D eigenvalue weighted by atomic mass is 10.1. The van der Waals surface area contributed by atoms with Crippen molar-refractivity contribution in [3.8, 4) is 0 Å². The van der Waals surface area contributed by atoms with Gasteiger partial charge in [-0.2, -0.15) is 0 Å². The SMILES string of the molecule is Cc1ccc(C(=O)N2CCN(CC(=O)N3CCCCC3)CC2)cc1F. The van der Waals surface area contributed by atoms with Crippen molar-refractivity contribution in [2.45, 2.75) is 26.2 Å². The molecule has 2 fully saturated rings. The molecule has 0 atom stereocenters. The Hall–Kier alpha value is -1.95. The van der Waals surface area contributed by atoms with E-state index in [-0.39, 0.29) is 17.6 Å². The summed E-state index contributed by atoms with van der Waals surface area (Å²) in [6, 6.07) is 4.62. The van der Waals surface area contributed by atoms with E-state index in [1.165, 1.54) is 12.5 Å². The van der Waals surface area contributed by atoms with Gasteiger partial charge < -0.3 is 9.80 Å². The quantitative estimate of drug-likeness (QED) is 0.839. The fourth-order valence-corrected chi connectivity index (χ4v) is 3.45. The molecule has 2 amide bonds. The van der Waals surface area contributed by atoms with Crippen molar-refractivity contribution in [2.75, 3.05) is 45.8 Å². The van der Waals surface area contributed by atoms with E-state index in [0.29, 0.717) is 43.9 Å². The first-order chi connectivity index (χ1) is 12.0. The topological polar surface area (TPSA) is 43.9 Å². The molecule has 0 bridgehead atoms.